The van der Waals surface area contributed by atoms with Gasteiger partial charge < -0.3 is 25.5 Å². The van der Waals surface area contributed by atoms with Crippen LogP contribution in [-0.2, 0) is 12.1 Å². The number of hydrogen-bond acceptors (Lipinski definition) is 6. The first-order valence-electron chi connectivity index (χ1n) is 10.7. The molecule has 0 aromatic carbocycles. The zero-order valence-electron chi connectivity index (χ0n) is 18.7. The van der Waals surface area contributed by atoms with Crippen LogP contribution in [0.2, 0.25) is 0 Å². The summed E-state index contributed by atoms with van der Waals surface area (Å²) in [5.41, 5.74) is 0.128. The van der Waals surface area contributed by atoms with Crippen molar-refractivity contribution >= 4 is 47.1 Å². The Labute approximate surface area is 207 Å². The van der Waals surface area contributed by atoms with Gasteiger partial charge in [0.15, 0.2) is 5.96 Å². The fraction of sp³-hybridized carbons (Fsp3) is 0.545. The second kappa shape index (κ2) is 12.6. The van der Waals surface area contributed by atoms with Gasteiger partial charge in [0.25, 0.3) is 0 Å². The third kappa shape index (κ3) is 7.58. The van der Waals surface area contributed by atoms with Crippen molar-refractivity contribution in [3.63, 3.8) is 0 Å². The van der Waals surface area contributed by atoms with Gasteiger partial charge in [-0.2, -0.15) is 0 Å². The summed E-state index contributed by atoms with van der Waals surface area (Å²) < 4.78 is 0. The molecule has 7 nitrogen and oxygen atoms in total. The second-order valence-corrected chi connectivity index (χ2v) is 8.69. The molecule has 0 bridgehead atoms. The molecule has 9 heteroatoms. The van der Waals surface area contributed by atoms with Crippen LogP contribution >= 0.6 is 35.3 Å². The van der Waals surface area contributed by atoms with Crippen LogP contribution < -0.4 is 15.5 Å². The number of likely N-dealkylation sites (N-methyl/N-ethyl adjacent to an activating group) is 1. The van der Waals surface area contributed by atoms with Gasteiger partial charge in [0.1, 0.15) is 11.4 Å². The van der Waals surface area contributed by atoms with Crippen molar-refractivity contribution < 1.29 is 5.11 Å². The molecule has 2 aromatic rings. The van der Waals surface area contributed by atoms with E-state index in [-0.39, 0.29) is 24.0 Å². The highest BCUT2D eigenvalue weighted by Gasteiger charge is 2.24. The minimum atomic E-state index is -0.935. The number of nitrogens with zero attached hydrogens (tertiary/aromatic N) is 4. The van der Waals surface area contributed by atoms with Crippen LogP contribution in [0.1, 0.15) is 31.2 Å². The Morgan fingerprint density at radius 3 is 2.55 bits per heavy atom. The van der Waals surface area contributed by atoms with Gasteiger partial charge in [-0.05, 0) is 43.5 Å². The molecule has 1 atom stereocenters. The van der Waals surface area contributed by atoms with E-state index >= 15 is 0 Å². The molecule has 1 aliphatic heterocycles. The zero-order valence-corrected chi connectivity index (χ0v) is 21.8. The maximum absolute atomic E-state index is 10.7. The molecule has 0 amide bonds. The molecular weight excluding hydrogens is 523 g/mol. The van der Waals surface area contributed by atoms with Crippen molar-refractivity contribution in [2.75, 3.05) is 50.7 Å². The highest BCUT2D eigenvalue weighted by molar-refractivity contribution is 14.0. The van der Waals surface area contributed by atoms with E-state index in [1.807, 2.05) is 37.6 Å². The average Bonchev–Trinajstić information content (AvgIpc) is 3.32. The molecule has 1 saturated heterocycles. The van der Waals surface area contributed by atoms with Crippen LogP contribution in [0.15, 0.2) is 40.8 Å². The Kier molecular flexibility index (Phi) is 10.5. The SMILES string of the molecule is CCNC(=NCc1ccc(N2CCN(CC)CC2)nc1)NCC(C)(O)c1cccs1.I. The number of hydrogen-bond donors (Lipinski definition) is 3. The van der Waals surface area contributed by atoms with E-state index in [9.17, 15) is 5.11 Å². The number of aliphatic hydroxyl groups is 1. The van der Waals surface area contributed by atoms with Crippen LogP contribution in [-0.4, -0.2) is 66.8 Å². The Balaban J connectivity index is 0.00000341. The first-order valence-corrected chi connectivity index (χ1v) is 11.6. The lowest BCUT2D eigenvalue weighted by Gasteiger charge is -2.34. The second-order valence-electron chi connectivity index (χ2n) is 7.75. The Morgan fingerprint density at radius 1 is 1.19 bits per heavy atom. The number of aliphatic imine (C=N–C) groups is 1. The van der Waals surface area contributed by atoms with Gasteiger partial charge in [-0.1, -0.05) is 19.1 Å². The minimum absolute atomic E-state index is 0. The van der Waals surface area contributed by atoms with Crippen molar-refractivity contribution in [3.8, 4) is 0 Å². The van der Waals surface area contributed by atoms with Crippen LogP contribution in [0.5, 0.6) is 0 Å². The number of nitrogens with one attached hydrogen (secondary N) is 2. The predicted molar refractivity (Wildman–Crippen MR) is 141 cm³/mol. The van der Waals surface area contributed by atoms with E-state index in [4.69, 9.17) is 0 Å². The molecule has 0 aliphatic carbocycles. The van der Waals surface area contributed by atoms with Gasteiger partial charge in [0.2, 0.25) is 0 Å². The molecule has 0 radical (unpaired) electrons. The smallest absolute Gasteiger partial charge is 0.191 e. The first-order chi connectivity index (χ1) is 14.5. The zero-order chi connectivity index (χ0) is 21.4. The normalized spacial score (nSPS) is 17.0. The van der Waals surface area contributed by atoms with E-state index < -0.39 is 5.60 Å². The summed E-state index contributed by atoms with van der Waals surface area (Å²) in [6.07, 6.45) is 1.91. The van der Waals surface area contributed by atoms with Crippen molar-refractivity contribution in [1.29, 1.82) is 0 Å². The monoisotopic (exact) mass is 558 g/mol. The summed E-state index contributed by atoms with van der Waals surface area (Å²) in [6, 6.07) is 8.09. The van der Waals surface area contributed by atoms with E-state index in [1.54, 1.807) is 11.3 Å². The number of aromatic nitrogens is 1. The molecule has 3 rings (SSSR count). The van der Waals surface area contributed by atoms with Crippen molar-refractivity contribution in [2.45, 2.75) is 32.9 Å². The number of piperazine rings is 1. The number of anilines is 1. The predicted octanol–water partition coefficient (Wildman–Crippen LogP) is 2.87. The first kappa shape index (κ1) is 25.8. The molecule has 3 N–H and O–H groups in total. The molecule has 3 heterocycles. The highest BCUT2D eigenvalue weighted by Crippen LogP contribution is 2.24. The molecule has 172 valence electrons. The van der Waals surface area contributed by atoms with Crippen LogP contribution in [0, 0.1) is 0 Å². The van der Waals surface area contributed by atoms with Gasteiger partial charge in [-0.25, -0.2) is 9.98 Å². The van der Waals surface area contributed by atoms with E-state index in [0.717, 1.165) is 55.5 Å². The van der Waals surface area contributed by atoms with Crippen molar-refractivity contribution in [3.05, 3.63) is 46.3 Å². The standard InChI is InChI=1S/C22H34N6OS.HI/c1-4-23-21(26-17-22(3,29)19-7-6-14-30-19)25-16-18-8-9-20(24-15-18)28-12-10-27(5-2)11-13-28;/h6-9,14-15,29H,4-5,10-13,16-17H2,1-3H3,(H2,23,25,26);1H. The fourth-order valence-electron chi connectivity index (χ4n) is 3.43. The van der Waals surface area contributed by atoms with Gasteiger partial charge in [-0.15, -0.1) is 35.3 Å². The van der Waals surface area contributed by atoms with Crippen LogP contribution in [0.25, 0.3) is 0 Å². The Bertz CT molecular complexity index is 789. The van der Waals surface area contributed by atoms with Crippen LogP contribution in [0.4, 0.5) is 5.82 Å². The largest absolute Gasteiger partial charge is 0.383 e. The van der Waals surface area contributed by atoms with Crippen molar-refractivity contribution in [1.82, 2.24) is 20.5 Å². The number of guanidine groups is 1. The molecular formula is C22H35IN6OS. The molecule has 0 spiro atoms. The van der Waals surface area contributed by atoms with E-state index in [2.05, 4.69) is 49.5 Å². The van der Waals surface area contributed by atoms with Gasteiger partial charge >= 0.3 is 0 Å². The van der Waals surface area contributed by atoms with Gasteiger partial charge in [0.05, 0.1) is 13.1 Å². The number of rotatable bonds is 8. The lowest BCUT2D eigenvalue weighted by Crippen LogP contribution is -2.46. The van der Waals surface area contributed by atoms with Gasteiger partial charge in [0, 0.05) is 43.8 Å². The molecule has 1 fully saturated rings. The molecule has 0 saturated carbocycles. The maximum atomic E-state index is 10.7. The lowest BCUT2D eigenvalue weighted by atomic mass is 10.1. The van der Waals surface area contributed by atoms with E-state index in [0.29, 0.717) is 19.0 Å². The summed E-state index contributed by atoms with van der Waals surface area (Å²) in [4.78, 5) is 15.1. The van der Waals surface area contributed by atoms with Crippen molar-refractivity contribution in [2.24, 2.45) is 4.99 Å². The summed E-state index contributed by atoms with van der Waals surface area (Å²) >= 11 is 1.55. The molecule has 2 aromatic heterocycles. The Hall–Kier alpha value is -1.43. The fourth-order valence-corrected chi connectivity index (χ4v) is 4.22. The lowest BCUT2D eigenvalue weighted by molar-refractivity contribution is 0.0655. The minimum Gasteiger partial charge on any atom is -0.383 e. The molecule has 31 heavy (non-hydrogen) atoms. The summed E-state index contributed by atoms with van der Waals surface area (Å²) in [5, 5.41) is 19.2. The quantitative estimate of drug-likeness (QED) is 0.263. The molecule has 1 unspecified atom stereocenters. The number of thiophene rings is 1. The average molecular weight is 559 g/mol. The topological polar surface area (TPSA) is 76.0 Å². The van der Waals surface area contributed by atoms with E-state index in [1.165, 1.54) is 0 Å². The number of pyridine rings is 1. The Morgan fingerprint density at radius 2 is 1.97 bits per heavy atom. The van der Waals surface area contributed by atoms with Crippen LogP contribution in [0.3, 0.4) is 0 Å². The molecule has 1 aliphatic rings. The summed E-state index contributed by atoms with van der Waals surface area (Å²) in [5.74, 6) is 1.73. The third-order valence-electron chi connectivity index (χ3n) is 5.37. The van der Waals surface area contributed by atoms with Gasteiger partial charge in [-0.3, -0.25) is 0 Å². The number of halogens is 1. The highest BCUT2D eigenvalue weighted by atomic mass is 127. The summed E-state index contributed by atoms with van der Waals surface area (Å²) in [7, 11) is 0. The summed E-state index contributed by atoms with van der Waals surface area (Å²) in [6.45, 7) is 13.1. The maximum Gasteiger partial charge on any atom is 0.191 e. The third-order valence-corrected chi connectivity index (χ3v) is 6.49.